The summed E-state index contributed by atoms with van der Waals surface area (Å²) >= 11 is 0. The summed E-state index contributed by atoms with van der Waals surface area (Å²) in [6, 6.07) is 0. The molecular weight excluding hydrogens is 244 g/mol. The Kier molecular flexibility index (Phi) is 4.57. The van der Waals surface area contributed by atoms with Gasteiger partial charge in [-0.05, 0) is 36.2 Å². The van der Waals surface area contributed by atoms with Gasteiger partial charge < -0.3 is 9.53 Å². The molecule has 0 fully saturated rings. The van der Waals surface area contributed by atoms with Crippen LogP contribution in [-0.2, 0) is 9.22 Å². The largest absolute Gasteiger partial charge is 0.410 e. The van der Waals surface area contributed by atoms with Crippen molar-refractivity contribution in [2.24, 2.45) is 0 Å². The van der Waals surface area contributed by atoms with Crippen LogP contribution in [0.25, 0.3) is 0 Å². The van der Waals surface area contributed by atoms with Crippen molar-refractivity contribution >= 4 is 14.6 Å². The Morgan fingerprint density at radius 3 is 2.39 bits per heavy atom. The summed E-state index contributed by atoms with van der Waals surface area (Å²) in [5, 5.41) is 9.98. The van der Waals surface area contributed by atoms with Crippen molar-refractivity contribution in [2.75, 3.05) is 0 Å². The highest BCUT2D eigenvalue weighted by Gasteiger charge is 2.40. The molecule has 0 saturated carbocycles. The summed E-state index contributed by atoms with van der Waals surface area (Å²) in [5.74, 6) is 0. The molecule has 1 aliphatic rings. The Balaban J connectivity index is 2.93. The van der Waals surface area contributed by atoms with Crippen molar-refractivity contribution in [1.82, 2.24) is 0 Å². The molecule has 4 heteroatoms. The lowest BCUT2D eigenvalue weighted by molar-refractivity contribution is -0.105. The Labute approximate surface area is 111 Å². The first-order valence-electron chi connectivity index (χ1n) is 6.59. The first-order chi connectivity index (χ1) is 8.08. The van der Waals surface area contributed by atoms with E-state index in [2.05, 4.69) is 33.9 Å². The molecule has 0 saturated heterocycles. The van der Waals surface area contributed by atoms with Gasteiger partial charge in [0.1, 0.15) is 6.29 Å². The fourth-order valence-corrected chi connectivity index (χ4v) is 3.28. The summed E-state index contributed by atoms with van der Waals surface area (Å²) in [6.45, 7) is 12.9. The summed E-state index contributed by atoms with van der Waals surface area (Å²) < 4.78 is 6.32. The topological polar surface area (TPSA) is 46.5 Å². The van der Waals surface area contributed by atoms with Crippen molar-refractivity contribution in [3.05, 3.63) is 11.1 Å². The fraction of sp³-hybridized carbons (Fsp3) is 0.786. The predicted molar refractivity (Wildman–Crippen MR) is 76.1 cm³/mol. The van der Waals surface area contributed by atoms with Gasteiger partial charge in [0, 0.05) is 12.8 Å². The second-order valence-corrected chi connectivity index (χ2v) is 11.5. The lowest BCUT2D eigenvalue weighted by atomic mass is 9.89. The van der Waals surface area contributed by atoms with Gasteiger partial charge in [-0.15, -0.1) is 0 Å². The van der Waals surface area contributed by atoms with Crippen molar-refractivity contribution in [3.63, 3.8) is 0 Å². The second-order valence-electron chi connectivity index (χ2n) is 6.79. The Morgan fingerprint density at radius 1 is 1.39 bits per heavy atom. The fourth-order valence-electron chi connectivity index (χ4n) is 1.94. The van der Waals surface area contributed by atoms with Crippen LogP contribution in [0.1, 0.15) is 40.5 Å². The van der Waals surface area contributed by atoms with Crippen molar-refractivity contribution < 1.29 is 14.3 Å². The van der Waals surface area contributed by atoms with E-state index in [1.807, 2.05) is 6.92 Å². The minimum atomic E-state index is -1.87. The number of rotatable bonds is 3. The molecule has 0 radical (unpaired) electrons. The van der Waals surface area contributed by atoms with Gasteiger partial charge in [0.2, 0.25) is 0 Å². The van der Waals surface area contributed by atoms with Crippen LogP contribution in [0.15, 0.2) is 11.1 Å². The zero-order valence-corrected chi connectivity index (χ0v) is 13.4. The van der Waals surface area contributed by atoms with Gasteiger partial charge >= 0.3 is 0 Å². The van der Waals surface area contributed by atoms with E-state index >= 15 is 0 Å². The summed E-state index contributed by atoms with van der Waals surface area (Å²) in [5.41, 5.74) is 1.71. The van der Waals surface area contributed by atoms with E-state index in [-0.39, 0.29) is 11.1 Å². The number of aliphatic hydroxyl groups excluding tert-OH is 1. The molecule has 0 heterocycles. The standard InChI is InChI=1S/C14H26O3Si/c1-10-11(9-15)7-12(16)8-13(10)17-18(5,6)14(2,3)4/h9,12-13,16H,7-8H2,1-6H3/t12-,13-/m0/s1. The van der Waals surface area contributed by atoms with Gasteiger partial charge in [0.15, 0.2) is 8.32 Å². The van der Waals surface area contributed by atoms with Crippen LogP contribution in [0.2, 0.25) is 18.1 Å². The van der Waals surface area contributed by atoms with E-state index in [1.54, 1.807) is 0 Å². The molecule has 0 unspecified atom stereocenters. The molecule has 0 bridgehead atoms. The van der Waals surface area contributed by atoms with E-state index < -0.39 is 14.4 Å². The van der Waals surface area contributed by atoms with Gasteiger partial charge in [-0.3, -0.25) is 4.79 Å². The van der Waals surface area contributed by atoms with Gasteiger partial charge in [0.05, 0.1) is 12.2 Å². The van der Waals surface area contributed by atoms with Crippen LogP contribution in [0.4, 0.5) is 0 Å². The van der Waals surface area contributed by atoms with Crippen LogP contribution >= 0.6 is 0 Å². The van der Waals surface area contributed by atoms with E-state index in [4.69, 9.17) is 4.43 Å². The van der Waals surface area contributed by atoms with Crippen LogP contribution in [0.5, 0.6) is 0 Å². The Bertz CT molecular complexity index is 353. The second kappa shape index (κ2) is 5.27. The molecule has 104 valence electrons. The molecule has 0 aromatic heterocycles. The molecule has 2 atom stereocenters. The maximum atomic E-state index is 11.0. The van der Waals surface area contributed by atoms with Crippen LogP contribution < -0.4 is 0 Å². The molecule has 18 heavy (non-hydrogen) atoms. The highest BCUT2D eigenvalue weighted by molar-refractivity contribution is 6.74. The smallest absolute Gasteiger partial charge is 0.192 e. The van der Waals surface area contributed by atoms with Crippen LogP contribution in [0.3, 0.4) is 0 Å². The molecule has 0 aromatic rings. The average Bonchev–Trinajstić information content (AvgIpc) is 2.20. The number of carbonyl (C=O) groups excluding carboxylic acids is 1. The molecule has 3 nitrogen and oxygen atoms in total. The molecule has 1 N–H and O–H groups in total. The van der Waals surface area contributed by atoms with Gasteiger partial charge in [-0.25, -0.2) is 0 Å². The minimum Gasteiger partial charge on any atom is -0.410 e. The average molecular weight is 270 g/mol. The van der Waals surface area contributed by atoms with E-state index in [9.17, 15) is 9.90 Å². The normalized spacial score (nSPS) is 26.4. The van der Waals surface area contributed by atoms with Gasteiger partial charge in [0.25, 0.3) is 0 Å². The summed E-state index contributed by atoms with van der Waals surface area (Å²) in [7, 11) is -1.87. The zero-order chi connectivity index (χ0) is 14.1. The Morgan fingerprint density at radius 2 is 1.94 bits per heavy atom. The number of hydrogen-bond donors (Lipinski definition) is 1. The summed E-state index contributed by atoms with van der Waals surface area (Å²) in [4.78, 5) is 11.0. The van der Waals surface area contributed by atoms with E-state index in [0.717, 1.165) is 11.9 Å². The molecule has 0 aliphatic heterocycles. The zero-order valence-electron chi connectivity index (χ0n) is 12.4. The van der Waals surface area contributed by atoms with Crippen LogP contribution in [0, 0.1) is 0 Å². The van der Waals surface area contributed by atoms with Gasteiger partial charge in [-0.1, -0.05) is 20.8 Å². The third-order valence-electron chi connectivity index (χ3n) is 4.32. The SMILES string of the molecule is CC1=C(C=O)C[C@H](O)C[C@@H]1O[Si](C)(C)C(C)(C)C. The highest BCUT2D eigenvalue weighted by atomic mass is 28.4. The number of carbonyl (C=O) groups is 1. The number of aliphatic hydroxyl groups is 1. The van der Waals surface area contributed by atoms with Crippen molar-refractivity contribution in [2.45, 2.75) is 70.9 Å². The van der Waals surface area contributed by atoms with E-state index in [1.165, 1.54) is 0 Å². The molecule has 1 aliphatic carbocycles. The lowest BCUT2D eigenvalue weighted by Crippen LogP contribution is -2.46. The maximum Gasteiger partial charge on any atom is 0.192 e. The van der Waals surface area contributed by atoms with E-state index in [0.29, 0.717) is 18.4 Å². The van der Waals surface area contributed by atoms with Gasteiger partial charge in [-0.2, -0.15) is 0 Å². The molecule has 0 aromatic carbocycles. The number of aldehydes is 1. The minimum absolute atomic E-state index is 0.102. The Hall–Kier alpha value is -0.453. The first kappa shape index (κ1) is 15.6. The molecule has 0 spiro atoms. The monoisotopic (exact) mass is 270 g/mol. The molecule has 1 rings (SSSR count). The van der Waals surface area contributed by atoms with Crippen molar-refractivity contribution in [3.8, 4) is 0 Å². The molecular formula is C14H26O3Si. The predicted octanol–water partition coefficient (Wildman–Crippen LogP) is 3.05. The van der Waals surface area contributed by atoms with Crippen molar-refractivity contribution in [1.29, 1.82) is 0 Å². The first-order valence-corrected chi connectivity index (χ1v) is 9.50. The lowest BCUT2D eigenvalue weighted by Gasteiger charge is -2.41. The third kappa shape index (κ3) is 3.31. The summed E-state index contributed by atoms with van der Waals surface area (Å²) in [6.07, 6.45) is 1.38. The maximum absolute atomic E-state index is 11.0. The van der Waals surface area contributed by atoms with Crippen LogP contribution in [-0.4, -0.2) is 31.9 Å². The third-order valence-corrected chi connectivity index (χ3v) is 8.80. The molecule has 0 amide bonds. The number of hydrogen-bond acceptors (Lipinski definition) is 3. The quantitative estimate of drug-likeness (QED) is 0.633. The highest BCUT2D eigenvalue weighted by Crippen LogP contribution is 2.39.